The molecule has 4 rings (SSSR count). The van der Waals surface area contributed by atoms with Gasteiger partial charge in [-0.15, -0.1) is 0 Å². The molecule has 1 aliphatic rings. The predicted octanol–water partition coefficient (Wildman–Crippen LogP) is 2.85. The quantitative estimate of drug-likeness (QED) is 0.584. The summed E-state index contributed by atoms with van der Waals surface area (Å²) in [4.78, 5) is 29.7. The van der Waals surface area contributed by atoms with Gasteiger partial charge in [-0.25, -0.2) is 15.0 Å². The Bertz CT molecular complexity index is 1060. The van der Waals surface area contributed by atoms with Gasteiger partial charge in [0.05, 0.1) is 18.4 Å². The molecule has 9 nitrogen and oxygen atoms in total. The molecule has 1 fully saturated rings. The van der Waals surface area contributed by atoms with E-state index in [1.165, 1.54) is 12.4 Å². The van der Waals surface area contributed by atoms with E-state index in [1.54, 1.807) is 36.8 Å². The lowest BCUT2D eigenvalue weighted by atomic mass is 9.94. The lowest BCUT2D eigenvalue weighted by Gasteiger charge is -2.30. The molecule has 2 atom stereocenters. The molecule has 1 aliphatic heterocycles. The average Bonchev–Trinajstić information content (AvgIpc) is 2.82. The molecular formula is C23H26N6O3. The summed E-state index contributed by atoms with van der Waals surface area (Å²) >= 11 is 0. The molecule has 0 spiro atoms. The second-order valence-electron chi connectivity index (χ2n) is 7.60. The summed E-state index contributed by atoms with van der Waals surface area (Å²) in [5.41, 5.74) is 1.08. The fourth-order valence-electron chi connectivity index (χ4n) is 3.46. The molecular weight excluding hydrogens is 408 g/mol. The standard InChI is InChI=1S/C23H26N6O3/c1-3-31-20-5-4-7-26-23(20)32-18-9-16(10-25-13-18)21-27-11-17(12-28-21)22(30)29-19-14-24-8-6-15(19)2/h4-5,7,9-13,15,19,24H,3,6,8,14H2,1-2H3,(H,29,30)/t15-,19-/m1/s1. The summed E-state index contributed by atoms with van der Waals surface area (Å²) in [6.07, 6.45) is 8.94. The van der Waals surface area contributed by atoms with E-state index in [9.17, 15) is 4.79 Å². The van der Waals surface area contributed by atoms with E-state index in [0.717, 1.165) is 19.5 Å². The van der Waals surface area contributed by atoms with Gasteiger partial charge in [0.1, 0.15) is 5.75 Å². The molecule has 3 aromatic heterocycles. The van der Waals surface area contributed by atoms with E-state index in [4.69, 9.17) is 9.47 Å². The normalized spacial score (nSPS) is 18.1. The first-order valence-electron chi connectivity index (χ1n) is 10.7. The third-order valence-electron chi connectivity index (χ3n) is 5.28. The number of amides is 1. The molecule has 1 amide bonds. The zero-order valence-electron chi connectivity index (χ0n) is 18.1. The van der Waals surface area contributed by atoms with Crippen LogP contribution in [0.5, 0.6) is 17.4 Å². The molecule has 3 aromatic rings. The maximum Gasteiger partial charge on any atom is 0.262 e. The summed E-state index contributed by atoms with van der Waals surface area (Å²) in [5, 5.41) is 6.37. The number of pyridine rings is 2. The van der Waals surface area contributed by atoms with Crippen LogP contribution in [0, 0.1) is 5.92 Å². The largest absolute Gasteiger partial charge is 0.488 e. The number of ether oxygens (including phenoxy) is 2. The van der Waals surface area contributed by atoms with Crippen LogP contribution in [-0.4, -0.2) is 51.6 Å². The zero-order valence-corrected chi connectivity index (χ0v) is 18.1. The van der Waals surface area contributed by atoms with Crippen LogP contribution < -0.4 is 20.1 Å². The van der Waals surface area contributed by atoms with Gasteiger partial charge in [-0.2, -0.15) is 0 Å². The highest BCUT2D eigenvalue weighted by Crippen LogP contribution is 2.30. The minimum Gasteiger partial charge on any atom is -0.488 e. The van der Waals surface area contributed by atoms with E-state index < -0.39 is 0 Å². The van der Waals surface area contributed by atoms with E-state index in [0.29, 0.717) is 46.9 Å². The van der Waals surface area contributed by atoms with Crippen molar-refractivity contribution in [2.45, 2.75) is 26.3 Å². The summed E-state index contributed by atoms with van der Waals surface area (Å²) in [7, 11) is 0. The molecule has 4 heterocycles. The van der Waals surface area contributed by atoms with Crippen molar-refractivity contribution in [1.82, 2.24) is 30.6 Å². The molecule has 0 radical (unpaired) electrons. The lowest BCUT2D eigenvalue weighted by Crippen LogP contribution is -2.50. The highest BCUT2D eigenvalue weighted by atomic mass is 16.5. The highest BCUT2D eigenvalue weighted by molar-refractivity contribution is 5.94. The topological polar surface area (TPSA) is 111 Å². The van der Waals surface area contributed by atoms with Crippen LogP contribution in [-0.2, 0) is 0 Å². The van der Waals surface area contributed by atoms with E-state index in [2.05, 4.69) is 37.5 Å². The Labute approximate surface area is 186 Å². The van der Waals surface area contributed by atoms with Crippen molar-refractivity contribution in [3.05, 3.63) is 54.7 Å². The van der Waals surface area contributed by atoms with Gasteiger partial charge in [0, 0.05) is 42.9 Å². The Morgan fingerprint density at radius 2 is 2.06 bits per heavy atom. The molecule has 0 bridgehead atoms. The minimum absolute atomic E-state index is 0.0992. The van der Waals surface area contributed by atoms with Gasteiger partial charge in [-0.3, -0.25) is 9.78 Å². The number of carbonyl (C=O) groups is 1. The molecule has 0 aromatic carbocycles. The van der Waals surface area contributed by atoms with Gasteiger partial charge in [0.2, 0.25) is 0 Å². The number of hydrogen-bond acceptors (Lipinski definition) is 8. The summed E-state index contributed by atoms with van der Waals surface area (Å²) in [6.45, 7) is 6.30. The Balaban J connectivity index is 1.46. The van der Waals surface area contributed by atoms with Crippen LogP contribution in [0.15, 0.2) is 49.2 Å². The van der Waals surface area contributed by atoms with E-state index in [-0.39, 0.29) is 11.9 Å². The monoisotopic (exact) mass is 434 g/mol. The Kier molecular flexibility index (Phi) is 6.86. The first kappa shape index (κ1) is 21.6. The van der Waals surface area contributed by atoms with Crippen molar-refractivity contribution < 1.29 is 14.3 Å². The number of nitrogens with one attached hydrogen (secondary N) is 2. The molecule has 166 valence electrons. The maximum atomic E-state index is 12.6. The number of hydrogen-bond donors (Lipinski definition) is 2. The fourth-order valence-corrected chi connectivity index (χ4v) is 3.46. The SMILES string of the molecule is CCOc1cccnc1Oc1cncc(-c2ncc(C(=O)N[C@@H]3CNCC[C@H]3C)cn2)c1. The Morgan fingerprint density at radius 3 is 2.84 bits per heavy atom. The van der Waals surface area contributed by atoms with Gasteiger partial charge in [0.15, 0.2) is 11.6 Å². The average molecular weight is 435 g/mol. The second kappa shape index (κ2) is 10.1. The van der Waals surface area contributed by atoms with Crippen molar-refractivity contribution in [3.8, 4) is 28.8 Å². The van der Waals surface area contributed by atoms with E-state index >= 15 is 0 Å². The van der Waals surface area contributed by atoms with Crippen LogP contribution in [0.2, 0.25) is 0 Å². The third kappa shape index (κ3) is 5.17. The first-order chi connectivity index (χ1) is 15.6. The molecule has 9 heteroatoms. The van der Waals surface area contributed by atoms with Crippen LogP contribution in [0.4, 0.5) is 0 Å². The van der Waals surface area contributed by atoms with Crippen molar-refractivity contribution in [2.75, 3.05) is 19.7 Å². The van der Waals surface area contributed by atoms with Gasteiger partial charge in [0.25, 0.3) is 11.8 Å². The molecule has 32 heavy (non-hydrogen) atoms. The highest BCUT2D eigenvalue weighted by Gasteiger charge is 2.23. The summed E-state index contributed by atoms with van der Waals surface area (Å²) < 4.78 is 11.4. The number of piperidine rings is 1. The first-order valence-corrected chi connectivity index (χ1v) is 10.7. The van der Waals surface area contributed by atoms with Crippen LogP contribution >= 0.6 is 0 Å². The molecule has 1 saturated heterocycles. The number of carbonyl (C=O) groups excluding carboxylic acids is 1. The molecule has 0 saturated carbocycles. The summed E-state index contributed by atoms with van der Waals surface area (Å²) in [6, 6.07) is 5.44. The van der Waals surface area contributed by atoms with Crippen molar-refractivity contribution in [3.63, 3.8) is 0 Å². The predicted molar refractivity (Wildman–Crippen MR) is 119 cm³/mol. The van der Waals surface area contributed by atoms with Crippen LogP contribution in [0.1, 0.15) is 30.6 Å². The fraction of sp³-hybridized carbons (Fsp3) is 0.348. The van der Waals surface area contributed by atoms with Crippen LogP contribution in [0.25, 0.3) is 11.4 Å². The number of aromatic nitrogens is 4. The second-order valence-corrected chi connectivity index (χ2v) is 7.60. The molecule has 2 N–H and O–H groups in total. The Hall–Kier alpha value is -3.59. The van der Waals surface area contributed by atoms with Gasteiger partial charge >= 0.3 is 0 Å². The molecule has 0 unspecified atom stereocenters. The van der Waals surface area contributed by atoms with Crippen molar-refractivity contribution >= 4 is 5.91 Å². The van der Waals surface area contributed by atoms with Crippen molar-refractivity contribution in [2.24, 2.45) is 5.92 Å². The maximum absolute atomic E-state index is 12.6. The van der Waals surface area contributed by atoms with E-state index in [1.807, 2.05) is 6.92 Å². The van der Waals surface area contributed by atoms with Gasteiger partial charge in [-0.05, 0) is 44.0 Å². The Morgan fingerprint density at radius 1 is 1.22 bits per heavy atom. The molecule has 0 aliphatic carbocycles. The third-order valence-corrected chi connectivity index (χ3v) is 5.28. The smallest absolute Gasteiger partial charge is 0.262 e. The number of nitrogens with zero attached hydrogens (tertiary/aromatic N) is 4. The number of rotatable bonds is 7. The van der Waals surface area contributed by atoms with Crippen LogP contribution in [0.3, 0.4) is 0 Å². The zero-order chi connectivity index (χ0) is 22.3. The lowest BCUT2D eigenvalue weighted by molar-refractivity contribution is 0.0914. The summed E-state index contributed by atoms with van der Waals surface area (Å²) in [5.74, 6) is 2.08. The minimum atomic E-state index is -0.175. The van der Waals surface area contributed by atoms with Crippen molar-refractivity contribution in [1.29, 1.82) is 0 Å². The van der Waals surface area contributed by atoms with Gasteiger partial charge in [-0.1, -0.05) is 6.92 Å². The van der Waals surface area contributed by atoms with Gasteiger partial charge < -0.3 is 20.1 Å².